The third-order valence-electron chi connectivity index (χ3n) is 2.69. The molecule has 5 nitrogen and oxygen atoms in total. The fraction of sp³-hybridized carbons (Fsp3) is 0. The first-order valence-electron chi connectivity index (χ1n) is 5.54. The first kappa shape index (κ1) is 12.9. The summed E-state index contributed by atoms with van der Waals surface area (Å²) in [4.78, 5) is 14.5. The number of hydrogen-bond acceptors (Lipinski definition) is 4. The van der Waals surface area contributed by atoms with Crippen molar-refractivity contribution in [3.8, 4) is 11.5 Å². The number of halogens is 2. The van der Waals surface area contributed by atoms with E-state index < -0.39 is 4.92 Å². The van der Waals surface area contributed by atoms with Crippen LogP contribution in [-0.4, -0.2) is 9.91 Å². The predicted octanol–water partition coefficient (Wildman–Crippen LogP) is 4.71. The normalized spacial score (nSPS) is 10.9. The summed E-state index contributed by atoms with van der Waals surface area (Å²) in [6, 6.07) is 9.14. The Morgan fingerprint density at radius 3 is 2.45 bits per heavy atom. The number of benzene rings is 2. The van der Waals surface area contributed by atoms with Crippen molar-refractivity contribution in [2.24, 2.45) is 0 Å². The van der Waals surface area contributed by atoms with Crippen molar-refractivity contribution < 1.29 is 9.34 Å². The lowest BCUT2D eigenvalue weighted by molar-refractivity contribution is -0.384. The molecule has 20 heavy (non-hydrogen) atoms. The van der Waals surface area contributed by atoms with Gasteiger partial charge in [-0.3, -0.25) is 10.1 Å². The first-order chi connectivity index (χ1) is 9.52. The quantitative estimate of drug-likeness (QED) is 0.508. The smallest absolute Gasteiger partial charge is 0.271 e. The highest BCUT2D eigenvalue weighted by Gasteiger charge is 2.13. The minimum atomic E-state index is -0.482. The molecule has 0 amide bonds. The Labute approximate surface area is 122 Å². The van der Waals surface area contributed by atoms with Crippen LogP contribution in [0.4, 0.5) is 5.69 Å². The minimum Gasteiger partial charge on any atom is -0.436 e. The molecule has 0 unspecified atom stereocenters. The molecular formula is C13H6Cl2N2O3. The second-order valence-corrected chi connectivity index (χ2v) is 4.96. The highest BCUT2D eigenvalue weighted by atomic mass is 35.5. The van der Waals surface area contributed by atoms with Crippen molar-refractivity contribution in [2.45, 2.75) is 0 Å². The highest BCUT2D eigenvalue weighted by molar-refractivity contribution is 6.35. The maximum Gasteiger partial charge on any atom is 0.271 e. The van der Waals surface area contributed by atoms with Gasteiger partial charge in [-0.15, -0.1) is 0 Å². The third-order valence-corrected chi connectivity index (χ3v) is 3.13. The molecule has 0 atom stereocenters. The molecule has 0 radical (unpaired) electrons. The lowest BCUT2D eigenvalue weighted by Crippen LogP contribution is -1.86. The van der Waals surface area contributed by atoms with E-state index in [9.17, 15) is 10.1 Å². The molecule has 0 saturated carbocycles. The van der Waals surface area contributed by atoms with Gasteiger partial charge >= 0.3 is 0 Å². The molecule has 0 fully saturated rings. The first-order valence-corrected chi connectivity index (χ1v) is 6.30. The number of aromatic nitrogens is 1. The standard InChI is InChI=1S/C13H6Cl2N2O3/c14-8-3-7(4-9(15)5-8)13-16-11-6-10(17(18)19)1-2-12(11)20-13/h1-6H. The molecule has 1 aromatic heterocycles. The van der Waals surface area contributed by atoms with Crippen molar-refractivity contribution in [3.05, 3.63) is 56.6 Å². The van der Waals surface area contributed by atoms with E-state index in [0.29, 0.717) is 32.6 Å². The fourth-order valence-corrected chi connectivity index (χ4v) is 2.36. The number of nitro benzene ring substituents is 1. The molecule has 0 aliphatic heterocycles. The summed E-state index contributed by atoms with van der Waals surface area (Å²) in [5.41, 5.74) is 1.44. The van der Waals surface area contributed by atoms with Crippen LogP contribution in [0.2, 0.25) is 10.0 Å². The van der Waals surface area contributed by atoms with Gasteiger partial charge in [-0.05, 0) is 24.3 Å². The summed E-state index contributed by atoms with van der Waals surface area (Å²) in [6.45, 7) is 0. The molecule has 0 N–H and O–H groups in total. The predicted molar refractivity (Wildman–Crippen MR) is 76.1 cm³/mol. The van der Waals surface area contributed by atoms with Crippen LogP contribution in [0.15, 0.2) is 40.8 Å². The van der Waals surface area contributed by atoms with Crippen LogP contribution in [0, 0.1) is 10.1 Å². The number of rotatable bonds is 2. The summed E-state index contributed by atoms with van der Waals surface area (Å²) in [5, 5.41) is 11.6. The Bertz CT molecular complexity index is 809. The number of oxazole rings is 1. The molecule has 0 aliphatic carbocycles. The van der Waals surface area contributed by atoms with E-state index in [2.05, 4.69) is 4.98 Å². The van der Waals surface area contributed by atoms with E-state index in [1.165, 1.54) is 18.2 Å². The van der Waals surface area contributed by atoms with E-state index in [1.54, 1.807) is 18.2 Å². The topological polar surface area (TPSA) is 69.2 Å². The third kappa shape index (κ3) is 2.33. The van der Waals surface area contributed by atoms with Gasteiger partial charge in [-0.25, -0.2) is 4.98 Å². The monoisotopic (exact) mass is 308 g/mol. The average molecular weight is 309 g/mol. The van der Waals surface area contributed by atoms with Gasteiger partial charge in [0.05, 0.1) is 4.92 Å². The summed E-state index contributed by atoms with van der Waals surface area (Å²) >= 11 is 11.8. The molecule has 0 bridgehead atoms. The zero-order valence-corrected chi connectivity index (χ0v) is 11.4. The van der Waals surface area contributed by atoms with Crippen molar-refractivity contribution in [3.63, 3.8) is 0 Å². The number of non-ortho nitro benzene ring substituents is 1. The van der Waals surface area contributed by atoms with Crippen molar-refractivity contribution in [2.75, 3.05) is 0 Å². The van der Waals surface area contributed by atoms with Crippen LogP contribution in [0.25, 0.3) is 22.6 Å². The van der Waals surface area contributed by atoms with Gasteiger partial charge in [0.1, 0.15) is 5.52 Å². The zero-order chi connectivity index (χ0) is 14.3. The number of hydrogen-bond donors (Lipinski definition) is 0. The Morgan fingerprint density at radius 2 is 1.80 bits per heavy atom. The molecule has 2 aromatic carbocycles. The molecule has 7 heteroatoms. The van der Waals surface area contributed by atoms with Gasteiger partial charge in [0.2, 0.25) is 5.89 Å². The van der Waals surface area contributed by atoms with Gasteiger partial charge in [-0.2, -0.15) is 0 Å². The van der Waals surface area contributed by atoms with Gasteiger partial charge in [0.25, 0.3) is 5.69 Å². The maximum atomic E-state index is 10.7. The fourth-order valence-electron chi connectivity index (χ4n) is 1.83. The van der Waals surface area contributed by atoms with Crippen LogP contribution in [0.5, 0.6) is 0 Å². The molecule has 3 rings (SSSR count). The second kappa shape index (κ2) is 4.77. The number of nitrogens with zero attached hydrogens (tertiary/aromatic N) is 2. The molecule has 1 heterocycles. The summed E-state index contributed by atoms with van der Waals surface area (Å²) in [6.07, 6.45) is 0. The van der Waals surface area contributed by atoms with Crippen LogP contribution in [0.3, 0.4) is 0 Å². The Hall–Kier alpha value is -2.11. The molecule has 3 aromatic rings. The lowest BCUT2D eigenvalue weighted by Gasteiger charge is -1.97. The Balaban J connectivity index is 2.15. The van der Waals surface area contributed by atoms with Gasteiger partial charge in [0.15, 0.2) is 5.58 Å². The molecular weight excluding hydrogens is 303 g/mol. The van der Waals surface area contributed by atoms with Crippen LogP contribution < -0.4 is 0 Å². The van der Waals surface area contributed by atoms with Crippen LogP contribution >= 0.6 is 23.2 Å². The van der Waals surface area contributed by atoms with E-state index >= 15 is 0 Å². The van der Waals surface area contributed by atoms with Crippen molar-refractivity contribution in [1.82, 2.24) is 4.98 Å². The van der Waals surface area contributed by atoms with Gasteiger partial charge < -0.3 is 4.42 Å². The van der Waals surface area contributed by atoms with E-state index in [0.717, 1.165) is 0 Å². The second-order valence-electron chi connectivity index (χ2n) is 4.09. The lowest BCUT2D eigenvalue weighted by atomic mass is 10.2. The van der Waals surface area contributed by atoms with Crippen LogP contribution in [-0.2, 0) is 0 Å². The number of nitro groups is 1. The summed E-state index contributed by atoms with van der Waals surface area (Å²) in [5.74, 6) is 0.310. The Morgan fingerprint density at radius 1 is 1.10 bits per heavy atom. The molecule has 0 aliphatic rings. The summed E-state index contributed by atoms with van der Waals surface area (Å²) in [7, 11) is 0. The van der Waals surface area contributed by atoms with Gasteiger partial charge in [-0.1, -0.05) is 23.2 Å². The Kier molecular flexibility index (Phi) is 3.08. The zero-order valence-electron chi connectivity index (χ0n) is 9.84. The van der Waals surface area contributed by atoms with Gasteiger partial charge in [0, 0.05) is 27.7 Å². The average Bonchev–Trinajstić information content (AvgIpc) is 2.80. The maximum absolute atomic E-state index is 10.7. The largest absolute Gasteiger partial charge is 0.436 e. The highest BCUT2D eigenvalue weighted by Crippen LogP contribution is 2.30. The van der Waals surface area contributed by atoms with Crippen LogP contribution in [0.1, 0.15) is 0 Å². The SMILES string of the molecule is O=[N+]([O-])c1ccc2oc(-c3cc(Cl)cc(Cl)c3)nc2c1. The number of fused-ring (bicyclic) bond motifs is 1. The minimum absolute atomic E-state index is 0.0403. The summed E-state index contributed by atoms with van der Waals surface area (Å²) < 4.78 is 5.55. The van der Waals surface area contributed by atoms with E-state index in [4.69, 9.17) is 27.6 Å². The van der Waals surface area contributed by atoms with E-state index in [-0.39, 0.29) is 5.69 Å². The van der Waals surface area contributed by atoms with E-state index in [1.807, 2.05) is 0 Å². The molecule has 0 saturated heterocycles. The molecule has 0 spiro atoms. The molecule has 100 valence electrons. The van der Waals surface area contributed by atoms with Crippen molar-refractivity contribution >= 4 is 40.0 Å². The van der Waals surface area contributed by atoms with Crippen molar-refractivity contribution in [1.29, 1.82) is 0 Å².